The molecule has 1 N–H and O–H groups in total. The lowest BCUT2D eigenvalue weighted by molar-refractivity contribution is 0.526. The minimum Gasteiger partial charge on any atom is -0.316 e. The summed E-state index contributed by atoms with van der Waals surface area (Å²) in [4.78, 5) is 4.82. The van der Waals surface area contributed by atoms with Crippen LogP contribution < -0.4 is 5.32 Å². The zero-order chi connectivity index (χ0) is 14.6. The molecule has 0 fully saturated rings. The second-order valence-corrected chi connectivity index (χ2v) is 7.82. The van der Waals surface area contributed by atoms with Gasteiger partial charge in [-0.3, -0.25) is 0 Å². The van der Waals surface area contributed by atoms with E-state index in [4.69, 9.17) is 4.98 Å². The molecule has 2 rings (SSSR count). The van der Waals surface area contributed by atoms with Crippen LogP contribution >= 0.6 is 11.3 Å². The Morgan fingerprint density at radius 2 is 2.10 bits per heavy atom. The molecule has 0 aliphatic heterocycles. The normalized spacial score (nSPS) is 17.9. The van der Waals surface area contributed by atoms with Crippen molar-refractivity contribution >= 4 is 11.3 Å². The number of likely N-dealkylation sites (N-methyl/N-ethyl adjacent to an activating group) is 1. The molecular weight excluding hydrogens is 264 g/mol. The molecule has 20 heavy (non-hydrogen) atoms. The highest BCUT2D eigenvalue weighted by atomic mass is 32.1. The van der Waals surface area contributed by atoms with Crippen LogP contribution in [0, 0.1) is 0 Å². The Morgan fingerprint density at radius 1 is 1.30 bits per heavy atom. The molecule has 1 aromatic heterocycles. The molecular formula is C17H28N2S. The standard InChI is InChI=1S/C17H28N2S/c1-17(2,3)15-12-20-16(19-15)11-14(18-4)10-13-8-6-5-7-9-13/h8,12,14,18H,5-7,9-11H2,1-4H3. The lowest BCUT2D eigenvalue weighted by atomic mass is 9.93. The van der Waals surface area contributed by atoms with E-state index >= 15 is 0 Å². The molecule has 1 heterocycles. The van der Waals surface area contributed by atoms with Crippen LogP contribution in [0.2, 0.25) is 0 Å². The SMILES string of the molecule is CNC(CC1=CCCCC1)Cc1nc(C(C)(C)C)cs1. The van der Waals surface area contributed by atoms with E-state index in [0.29, 0.717) is 6.04 Å². The summed E-state index contributed by atoms with van der Waals surface area (Å²) >= 11 is 1.81. The number of aromatic nitrogens is 1. The van der Waals surface area contributed by atoms with Crippen LogP contribution in [0.1, 0.15) is 63.6 Å². The Morgan fingerprint density at radius 3 is 2.65 bits per heavy atom. The molecule has 1 aliphatic carbocycles. The van der Waals surface area contributed by atoms with Crippen LogP contribution in [-0.4, -0.2) is 18.1 Å². The first-order chi connectivity index (χ1) is 9.49. The van der Waals surface area contributed by atoms with Gasteiger partial charge in [-0.2, -0.15) is 0 Å². The van der Waals surface area contributed by atoms with Crippen LogP contribution in [0.15, 0.2) is 17.0 Å². The average molecular weight is 292 g/mol. The minimum atomic E-state index is 0.162. The van der Waals surface area contributed by atoms with E-state index in [-0.39, 0.29) is 5.41 Å². The number of hydrogen-bond acceptors (Lipinski definition) is 3. The van der Waals surface area contributed by atoms with Gasteiger partial charge in [0.1, 0.15) is 0 Å². The second-order valence-electron chi connectivity index (χ2n) is 6.88. The number of nitrogens with zero attached hydrogens (tertiary/aromatic N) is 1. The predicted molar refractivity (Wildman–Crippen MR) is 88.5 cm³/mol. The summed E-state index contributed by atoms with van der Waals surface area (Å²) in [6.45, 7) is 6.69. The first-order valence-corrected chi connectivity index (χ1v) is 8.67. The van der Waals surface area contributed by atoms with E-state index in [1.165, 1.54) is 42.8 Å². The van der Waals surface area contributed by atoms with Gasteiger partial charge in [0.2, 0.25) is 0 Å². The summed E-state index contributed by atoms with van der Waals surface area (Å²) in [5.41, 5.74) is 3.03. The highest BCUT2D eigenvalue weighted by Crippen LogP contribution is 2.26. The van der Waals surface area contributed by atoms with Crippen molar-refractivity contribution in [2.75, 3.05) is 7.05 Å². The van der Waals surface area contributed by atoms with Gasteiger partial charge in [0.25, 0.3) is 0 Å². The van der Waals surface area contributed by atoms with Crippen molar-refractivity contribution in [1.29, 1.82) is 0 Å². The van der Waals surface area contributed by atoms with Gasteiger partial charge in [-0.05, 0) is 39.2 Å². The van der Waals surface area contributed by atoms with Crippen molar-refractivity contribution in [1.82, 2.24) is 10.3 Å². The average Bonchev–Trinajstić information content (AvgIpc) is 2.87. The lowest BCUT2D eigenvalue weighted by Gasteiger charge is -2.19. The van der Waals surface area contributed by atoms with Gasteiger partial charge < -0.3 is 5.32 Å². The van der Waals surface area contributed by atoms with E-state index in [1.54, 1.807) is 5.57 Å². The fourth-order valence-corrected chi connectivity index (χ4v) is 3.75. The molecule has 0 amide bonds. The molecule has 3 heteroatoms. The third-order valence-corrected chi connectivity index (χ3v) is 4.91. The summed E-state index contributed by atoms with van der Waals surface area (Å²) in [7, 11) is 2.08. The van der Waals surface area contributed by atoms with Crippen LogP contribution in [0.3, 0.4) is 0 Å². The number of rotatable bonds is 5. The first-order valence-electron chi connectivity index (χ1n) is 7.79. The number of allylic oxidation sites excluding steroid dienone is 1. The molecule has 112 valence electrons. The van der Waals surface area contributed by atoms with Crippen molar-refractivity contribution in [3.8, 4) is 0 Å². The maximum Gasteiger partial charge on any atom is 0.0944 e. The maximum absolute atomic E-state index is 4.82. The van der Waals surface area contributed by atoms with Crippen molar-refractivity contribution in [3.63, 3.8) is 0 Å². The summed E-state index contributed by atoms with van der Waals surface area (Å²) in [6, 6.07) is 0.526. The van der Waals surface area contributed by atoms with E-state index in [2.05, 4.69) is 44.6 Å². The summed E-state index contributed by atoms with van der Waals surface area (Å²) < 4.78 is 0. The highest BCUT2D eigenvalue weighted by Gasteiger charge is 2.19. The molecule has 0 aromatic carbocycles. The van der Waals surface area contributed by atoms with Crippen molar-refractivity contribution in [3.05, 3.63) is 27.7 Å². The quantitative estimate of drug-likeness (QED) is 0.810. The van der Waals surface area contributed by atoms with E-state index in [1.807, 2.05) is 11.3 Å². The summed E-state index contributed by atoms with van der Waals surface area (Å²) in [6.07, 6.45) is 10.00. The van der Waals surface area contributed by atoms with E-state index < -0.39 is 0 Å². The number of thiazole rings is 1. The van der Waals surface area contributed by atoms with Gasteiger partial charge in [-0.25, -0.2) is 4.98 Å². The number of nitrogens with one attached hydrogen (secondary N) is 1. The van der Waals surface area contributed by atoms with Gasteiger partial charge in [0, 0.05) is 23.3 Å². The molecule has 0 saturated carbocycles. The third kappa shape index (κ3) is 4.42. The zero-order valence-corrected chi connectivity index (χ0v) is 14.1. The fourth-order valence-electron chi connectivity index (χ4n) is 2.64. The van der Waals surface area contributed by atoms with Crippen molar-refractivity contribution in [2.24, 2.45) is 0 Å². The first kappa shape index (κ1) is 15.7. The van der Waals surface area contributed by atoms with Crippen molar-refractivity contribution in [2.45, 2.75) is 70.8 Å². The van der Waals surface area contributed by atoms with Crippen LogP contribution in [0.5, 0.6) is 0 Å². The molecule has 2 nitrogen and oxygen atoms in total. The molecule has 0 spiro atoms. The smallest absolute Gasteiger partial charge is 0.0944 e. The Labute approximate surface area is 127 Å². The molecule has 0 bridgehead atoms. The Hall–Kier alpha value is -0.670. The Kier molecular flexibility index (Phi) is 5.39. The minimum absolute atomic E-state index is 0.162. The molecule has 0 radical (unpaired) electrons. The van der Waals surface area contributed by atoms with Gasteiger partial charge in [0.05, 0.1) is 10.7 Å². The molecule has 0 saturated heterocycles. The lowest BCUT2D eigenvalue weighted by Crippen LogP contribution is -2.28. The molecule has 1 aliphatic rings. The largest absolute Gasteiger partial charge is 0.316 e. The van der Waals surface area contributed by atoms with E-state index in [9.17, 15) is 0 Å². The van der Waals surface area contributed by atoms with Crippen LogP contribution in [0.25, 0.3) is 0 Å². The third-order valence-electron chi connectivity index (χ3n) is 4.04. The second kappa shape index (κ2) is 6.86. The Balaban J connectivity index is 1.95. The molecule has 1 atom stereocenters. The zero-order valence-electron chi connectivity index (χ0n) is 13.3. The topological polar surface area (TPSA) is 24.9 Å². The molecule has 1 unspecified atom stereocenters. The van der Waals surface area contributed by atoms with E-state index in [0.717, 1.165) is 6.42 Å². The monoisotopic (exact) mass is 292 g/mol. The molecule has 1 aromatic rings. The highest BCUT2D eigenvalue weighted by molar-refractivity contribution is 7.09. The Bertz CT molecular complexity index is 454. The van der Waals surface area contributed by atoms with Gasteiger partial charge >= 0.3 is 0 Å². The number of hydrogen-bond donors (Lipinski definition) is 1. The van der Waals surface area contributed by atoms with Crippen LogP contribution in [-0.2, 0) is 11.8 Å². The summed E-state index contributed by atoms with van der Waals surface area (Å²) in [5, 5.41) is 6.96. The predicted octanol–water partition coefficient (Wildman–Crippen LogP) is 4.46. The van der Waals surface area contributed by atoms with Gasteiger partial charge in [-0.1, -0.05) is 32.4 Å². The van der Waals surface area contributed by atoms with Crippen molar-refractivity contribution < 1.29 is 0 Å². The van der Waals surface area contributed by atoms with Crippen LogP contribution in [0.4, 0.5) is 0 Å². The van der Waals surface area contributed by atoms with Gasteiger partial charge in [0.15, 0.2) is 0 Å². The summed E-state index contributed by atoms with van der Waals surface area (Å²) in [5.74, 6) is 0. The maximum atomic E-state index is 4.82. The fraction of sp³-hybridized carbons (Fsp3) is 0.706. The van der Waals surface area contributed by atoms with Gasteiger partial charge in [-0.15, -0.1) is 11.3 Å².